The first kappa shape index (κ1) is 12.3. The summed E-state index contributed by atoms with van der Waals surface area (Å²) in [6, 6.07) is 2.03. The standard InChI is InChI=1S/C12H17N3OS/c1-4-15-10(5-8(2)14-15)6-11(16)12-9(3)13-7-17-12/h5,7,11,16H,4,6H2,1-3H3. The maximum atomic E-state index is 10.2. The highest BCUT2D eigenvalue weighted by Gasteiger charge is 2.16. The molecule has 0 aliphatic heterocycles. The van der Waals surface area contributed by atoms with Crippen molar-refractivity contribution in [1.82, 2.24) is 14.8 Å². The van der Waals surface area contributed by atoms with Crippen molar-refractivity contribution < 1.29 is 5.11 Å². The van der Waals surface area contributed by atoms with E-state index in [9.17, 15) is 5.11 Å². The summed E-state index contributed by atoms with van der Waals surface area (Å²) >= 11 is 1.51. The van der Waals surface area contributed by atoms with Gasteiger partial charge in [-0.15, -0.1) is 11.3 Å². The van der Waals surface area contributed by atoms with Gasteiger partial charge in [0.1, 0.15) is 0 Å². The number of thiazole rings is 1. The minimum absolute atomic E-state index is 0.483. The van der Waals surface area contributed by atoms with Crippen molar-refractivity contribution in [2.75, 3.05) is 0 Å². The van der Waals surface area contributed by atoms with Gasteiger partial charge in [-0.1, -0.05) is 0 Å². The molecule has 1 atom stereocenters. The molecule has 2 heterocycles. The van der Waals surface area contributed by atoms with Crippen LogP contribution in [0.3, 0.4) is 0 Å². The number of aryl methyl sites for hydroxylation is 3. The molecule has 0 amide bonds. The van der Waals surface area contributed by atoms with Gasteiger partial charge in [0, 0.05) is 18.7 Å². The summed E-state index contributed by atoms with van der Waals surface area (Å²) in [6.07, 6.45) is 0.112. The van der Waals surface area contributed by atoms with E-state index in [2.05, 4.69) is 17.0 Å². The van der Waals surface area contributed by atoms with Gasteiger partial charge >= 0.3 is 0 Å². The van der Waals surface area contributed by atoms with Crippen molar-refractivity contribution in [2.45, 2.75) is 39.8 Å². The highest BCUT2D eigenvalue weighted by atomic mass is 32.1. The number of aliphatic hydroxyl groups is 1. The number of rotatable bonds is 4. The molecule has 4 nitrogen and oxygen atoms in total. The van der Waals surface area contributed by atoms with Crippen molar-refractivity contribution in [2.24, 2.45) is 0 Å². The quantitative estimate of drug-likeness (QED) is 0.906. The summed E-state index contributed by atoms with van der Waals surface area (Å²) in [6.45, 7) is 6.79. The van der Waals surface area contributed by atoms with E-state index in [0.717, 1.165) is 28.5 Å². The van der Waals surface area contributed by atoms with Gasteiger partial charge in [-0.25, -0.2) is 4.98 Å². The zero-order chi connectivity index (χ0) is 12.4. The van der Waals surface area contributed by atoms with E-state index >= 15 is 0 Å². The number of nitrogens with zero attached hydrogens (tertiary/aromatic N) is 3. The molecule has 92 valence electrons. The second-order valence-corrected chi connectivity index (χ2v) is 5.00. The van der Waals surface area contributed by atoms with Gasteiger partial charge in [-0.05, 0) is 26.8 Å². The van der Waals surface area contributed by atoms with Crippen LogP contribution in [0.1, 0.15) is 35.0 Å². The molecule has 0 aliphatic carbocycles. The third kappa shape index (κ3) is 2.56. The van der Waals surface area contributed by atoms with Gasteiger partial charge in [0.05, 0.1) is 27.9 Å². The lowest BCUT2D eigenvalue weighted by Gasteiger charge is -2.10. The van der Waals surface area contributed by atoms with E-state index in [1.54, 1.807) is 5.51 Å². The fourth-order valence-electron chi connectivity index (χ4n) is 1.96. The first-order chi connectivity index (χ1) is 8.11. The molecular weight excluding hydrogens is 234 g/mol. The molecule has 0 bridgehead atoms. The molecule has 1 unspecified atom stereocenters. The van der Waals surface area contributed by atoms with Gasteiger partial charge in [-0.2, -0.15) is 5.10 Å². The van der Waals surface area contributed by atoms with Crippen molar-refractivity contribution in [3.63, 3.8) is 0 Å². The summed E-state index contributed by atoms with van der Waals surface area (Å²) in [4.78, 5) is 5.11. The number of hydrogen-bond donors (Lipinski definition) is 1. The van der Waals surface area contributed by atoms with Crippen molar-refractivity contribution in [3.05, 3.63) is 33.5 Å². The first-order valence-corrected chi connectivity index (χ1v) is 6.61. The minimum Gasteiger partial charge on any atom is -0.387 e. The zero-order valence-corrected chi connectivity index (χ0v) is 11.2. The molecule has 0 saturated heterocycles. The Morgan fingerprint density at radius 3 is 2.82 bits per heavy atom. The molecule has 0 spiro atoms. The first-order valence-electron chi connectivity index (χ1n) is 5.73. The Bertz CT molecular complexity index is 504. The second kappa shape index (κ2) is 4.98. The largest absolute Gasteiger partial charge is 0.387 e. The molecule has 0 saturated carbocycles. The van der Waals surface area contributed by atoms with Crippen LogP contribution in [0.15, 0.2) is 11.6 Å². The molecule has 0 aromatic carbocycles. The Kier molecular flexibility index (Phi) is 3.59. The van der Waals surface area contributed by atoms with Gasteiger partial charge in [0.25, 0.3) is 0 Å². The Labute approximate surface area is 105 Å². The fourth-order valence-corrected chi connectivity index (χ4v) is 2.75. The van der Waals surface area contributed by atoms with E-state index in [0.29, 0.717) is 6.42 Å². The molecular formula is C12H17N3OS. The van der Waals surface area contributed by atoms with Crippen LogP contribution in [0.2, 0.25) is 0 Å². The van der Waals surface area contributed by atoms with E-state index in [-0.39, 0.29) is 0 Å². The molecule has 1 N–H and O–H groups in total. The van der Waals surface area contributed by atoms with E-state index in [4.69, 9.17) is 0 Å². The normalized spacial score (nSPS) is 12.9. The van der Waals surface area contributed by atoms with Gasteiger partial charge < -0.3 is 5.11 Å². The lowest BCUT2D eigenvalue weighted by atomic mass is 10.1. The predicted molar refractivity (Wildman–Crippen MR) is 68.2 cm³/mol. The van der Waals surface area contributed by atoms with Crippen LogP contribution in [0.4, 0.5) is 0 Å². The molecule has 0 fully saturated rings. The van der Waals surface area contributed by atoms with Crippen LogP contribution < -0.4 is 0 Å². The topological polar surface area (TPSA) is 50.9 Å². The highest BCUT2D eigenvalue weighted by Crippen LogP contribution is 2.25. The van der Waals surface area contributed by atoms with Gasteiger partial charge in [0.15, 0.2) is 0 Å². The smallest absolute Gasteiger partial charge is 0.0955 e. The van der Waals surface area contributed by atoms with Crippen LogP contribution in [0, 0.1) is 13.8 Å². The highest BCUT2D eigenvalue weighted by molar-refractivity contribution is 7.09. The Balaban J connectivity index is 2.18. The summed E-state index contributed by atoms with van der Waals surface area (Å²) in [5.41, 5.74) is 4.76. The molecule has 0 aliphatic rings. The Hall–Kier alpha value is -1.20. The van der Waals surface area contributed by atoms with E-state index < -0.39 is 6.10 Å². The summed E-state index contributed by atoms with van der Waals surface area (Å²) in [5, 5.41) is 14.6. The van der Waals surface area contributed by atoms with E-state index in [1.165, 1.54) is 11.3 Å². The van der Waals surface area contributed by atoms with Crippen molar-refractivity contribution in [1.29, 1.82) is 0 Å². The number of aromatic nitrogens is 3. The lowest BCUT2D eigenvalue weighted by Crippen LogP contribution is -2.08. The third-order valence-electron chi connectivity index (χ3n) is 2.77. The summed E-state index contributed by atoms with van der Waals surface area (Å²) in [7, 11) is 0. The predicted octanol–water partition coefficient (Wildman–Crippen LogP) is 2.25. The lowest BCUT2D eigenvalue weighted by molar-refractivity contribution is 0.178. The van der Waals surface area contributed by atoms with Crippen LogP contribution in [0.25, 0.3) is 0 Å². The van der Waals surface area contributed by atoms with E-state index in [1.807, 2.05) is 24.6 Å². The molecule has 0 radical (unpaired) electrons. The molecule has 17 heavy (non-hydrogen) atoms. The molecule has 2 rings (SSSR count). The fraction of sp³-hybridized carbons (Fsp3) is 0.500. The van der Waals surface area contributed by atoms with Crippen LogP contribution in [-0.2, 0) is 13.0 Å². The molecule has 5 heteroatoms. The number of hydrogen-bond acceptors (Lipinski definition) is 4. The maximum absolute atomic E-state index is 10.2. The third-order valence-corrected chi connectivity index (χ3v) is 3.81. The Morgan fingerprint density at radius 2 is 2.24 bits per heavy atom. The molecule has 2 aromatic rings. The van der Waals surface area contributed by atoms with Crippen molar-refractivity contribution >= 4 is 11.3 Å². The maximum Gasteiger partial charge on any atom is 0.0955 e. The second-order valence-electron chi connectivity index (χ2n) is 4.11. The van der Waals surface area contributed by atoms with Crippen molar-refractivity contribution in [3.8, 4) is 0 Å². The van der Waals surface area contributed by atoms with Crippen LogP contribution in [0.5, 0.6) is 0 Å². The average Bonchev–Trinajstić information content (AvgIpc) is 2.84. The Morgan fingerprint density at radius 1 is 1.47 bits per heavy atom. The monoisotopic (exact) mass is 251 g/mol. The van der Waals surface area contributed by atoms with Gasteiger partial charge in [0.2, 0.25) is 0 Å². The minimum atomic E-state index is -0.483. The SMILES string of the molecule is CCn1nc(C)cc1CC(O)c1scnc1C. The summed E-state index contributed by atoms with van der Waals surface area (Å²) < 4.78 is 1.94. The van der Waals surface area contributed by atoms with Crippen LogP contribution in [-0.4, -0.2) is 19.9 Å². The summed E-state index contributed by atoms with van der Waals surface area (Å²) in [5.74, 6) is 0. The number of aliphatic hydroxyl groups excluding tert-OH is 1. The average molecular weight is 251 g/mol. The van der Waals surface area contributed by atoms with Gasteiger partial charge in [-0.3, -0.25) is 4.68 Å². The van der Waals surface area contributed by atoms with Crippen LogP contribution >= 0.6 is 11.3 Å². The zero-order valence-electron chi connectivity index (χ0n) is 10.3. The molecule has 2 aromatic heterocycles.